The number of ether oxygens (including phenoxy) is 2. The third kappa shape index (κ3) is 6.03. The first-order valence-corrected chi connectivity index (χ1v) is 13.5. The summed E-state index contributed by atoms with van der Waals surface area (Å²) in [6.45, 7) is 1.93. The first-order valence-electron chi connectivity index (χ1n) is 12.7. The Hall–Kier alpha value is -4.54. The zero-order valence-corrected chi connectivity index (χ0v) is 22.4. The molecule has 10 heteroatoms. The number of carboxylic acid groups (broad SMARTS) is 1. The second-order valence-electron chi connectivity index (χ2n) is 9.27. The van der Waals surface area contributed by atoms with E-state index in [0.29, 0.717) is 0 Å². The van der Waals surface area contributed by atoms with Gasteiger partial charge >= 0.3 is 12.1 Å². The molecule has 0 unspecified atom stereocenters. The lowest BCUT2D eigenvalue weighted by atomic mass is 9.98. The zero-order chi connectivity index (χ0) is 28.1. The van der Waals surface area contributed by atoms with Crippen molar-refractivity contribution in [2.45, 2.75) is 31.6 Å². The Morgan fingerprint density at radius 3 is 2.23 bits per heavy atom. The van der Waals surface area contributed by atoms with Crippen molar-refractivity contribution in [3.8, 4) is 11.1 Å². The van der Waals surface area contributed by atoms with Crippen molar-refractivity contribution >= 4 is 34.4 Å². The number of carbonyl (C=O) groups excluding carboxylic acids is 2. The van der Waals surface area contributed by atoms with Crippen molar-refractivity contribution in [2.75, 3.05) is 11.9 Å². The third-order valence-corrected chi connectivity index (χ3v) is 7.57. The molecule has 5 rings (SSSR count). The second kappa shape index (κ2) is 12.1. The van der Waals surface area contributed by atoms with Crippen LogP contribution in [0.5, 0.6) is 0 Å². The molecule has 0 spiro atoms. The maximum Gasteiger partial charge on any atom is 0.413 e. The summed E-state index contributed by atoms with van der Waals surface area (Å²) in [6.07, 6.45) is -0.226. The maximum absolute atomic E-state index is 12.8. The molecule has 3 N–H and O–H groups in total. The van der Waals surface area contributed by atoms with Gasteiger partial charge in [0.2, 0.25) is 0 Å². The first-order chi connectivity index (χ1) is 19.4. The Bertz CT molecular complexity index is 1480. The molecule has 2 amide bonds. The van der Waals surface area contributed by atoms with Crippen LogP contribution < -0.4 is 10.6 Å². The Balaban J connectivity index is 1.16. The van der Waals surface area contributed by atoms with Crippen LogP contribution in [0, 0.1) is 0 Å². The monoisotopic (exact) mass is 557 g/mol. The predicted molar refractivity (Wildman–Crippen MR) is 150 cm³/mol. The number of carboxylic acids is 1. The molecule has 0 radical (unpaired) electrons. The van der Waals surface area contributed by atoms with E-state index in [1.165, 1.54) is 6.20 Å². The first kappa shape index (κ1) is 27.0. The number of rotatable bonds is 10. The molecule has 2 atom stereocenters. The third-order valence-electron chi connectivity index (χ3n) is 6.66. The number of fused-ring (bicyclic) bond motifs is 3. The van der Waals surface area contributed by atoms with Crippen LogP contribution in [0.1, 0.15) is 39.2 Å². The van der Waals surface area contributed by atoms with Crippen LogP contribution in [0.4, 0.5) is 9.93 Å². The minimum atomic E-state index is -1.28. The molecule has 0 fully saturated rings. The molecule has 0 bridgehead atoms. The standard InChI is InChI=1S/C30H27N3O6S/c1-18(38-16-19-9-3-2-4-10-19)26(28(35)36)32-27(34)25-15-31-29(40-25)33-30(37)39-17-24-22-13-7-5-11-20(22)21-12-6-8-14-23(21)24/h2-15,18,24,26H,16-17H2,1H3,(H,32,34)(H,35,36)(H,31,33,37)/t18-,26+/m1/s1. The van der Waals surface area contributed by atoms with Crippen molar-refractivity contribution < 1.29 is 29.0 Å². The van der Waals surface area contributed by atoms with Crippen LogP contribution >= 0.6 is 11.3 Å². The van der Waals surface area contributed by atoms with E-state index in [1.807, 2.05) is 66.7 Å². The average Bonchev–Trinajstić information content (AvgIpc) is 3.56. The molecule has 1 aromatic heterocycles. The van der Waals surface area contributed by atoms with Gasteiger partial charge in [0.1, 0.15) is 11.5 Å². The van der Waals surface area contributed by atoms with Gasteiger partial charge in [0.15, 0.2) is 11.2 Å². The number of aliphatic carboxylic acids is 1. The number of nitrogens with zero attached hydrogens (tertiary/aromatic N) is 1. The van der Waals surface area contributed by atoms with E-state index in [2.05, 4.69) is 27.8 Å². The summed E-state index contributed by atoms with van der Waals surface area (Å²) in [7, 11) is 0. The number of anilines is 1. The van der Waals surface area contributed by atoms with Gasteiger partial charge < -0.3 is 19.9 Å². The summed E-state index contributed by atoms with van der Waals surface area (Å²) < 4.78 is 11.2. The highest BCUT2D eigenvalue weighted by Gasteiger charge is 2.30. The van der Waals surface area contributed by atoms with Crippen molar-refractivity contribution in [3.05, 3.63) is 107 Å². The number of aromatic nitrogens is 1. The molecule has 1 heterocycles. The number of thiazole rings is 1. The predicted octanol–water partition coefficient (Wildman–Crippen LogP) is 5.29. The number of nitrogens with one attached hydrogen (secondary N) is 2. The van der Waals surface area contributed by atoms with Gasteiger partial charge in [-0.1, -0.05) is 90.2 Å². The number of carbonyl (C=O) groups is 3. The molecule has 0 aliphatic heterocycles. The summed E-state index contributed by atoms with van der Waals surface area (Å²) in [5, 5.41) is 14.8. The van der Waals surface area contributed by atoms with Crippen LogP contribution in [-0.2, 0) is 20.9 Å². The van der Waals surface area contributed by atoms with E-state index in [-0.39, 0.29) is 29.1 Å². The Morgan fingerprint density at radius 1 is 0.950 bits per heavy atom. The molecule has 0 saturated carbocycles. The maximum atomic E-state index is 12.8. The van der Waals surface area contributed by atoms with E-state index < -0.39 is 30.1 Å². The summed E-state index contributed by atoms with van der Waals surface area (Å²) in [4.78, 5) is 41.4. The van der Waals surface area contributed by atoms with E-state index in [0.717, 1.165) is 39.2 Å². The summed E-state index contributed by atoms with van der Waals surface area (Å²) in [5.74, 6) is -1.95. The molecule has 40 heavy (non-hydrogen) atoms. The van der Waals surface area contributed by atoms with Gasteiger partial charge in [-0.25, -0.2) is 14.6 Å². The van der Waals surface area contributed by atoms with Gasteiger partial charge in [-0.3, -0.25) is 10.1 Å². The molecular formula is C30H27N3O6S. The minimum Gasteiger partial charge on any atom is -0.480 e. The second-order valence-corrected chi connectivity index (χ2v) is 10.3. The van der Waals surface area contributed by atoms with Gasteiger partial charge in [-0.15, -0.1) is 0 Å². The SMILES string of the molecule is C[C@@H](OCc1ccccc1)[C@H](NC(=O)c1cnc(NC(=O)OCC2c3ccccc3-c3ccccc32)s1)C(=O)O. The zero-order valence-electron chi connectivity index (χ0n) is 21.6. The smallest absolute Gasteiger partial charge is 0.413 e. The number of hydrogen-bond acceptors (Lipinski definition) is 7. The largest absolute Gasteiger partial charge is 0.480 e. The molecule has 1 aliphatic rings. The molecule has 1 aliphatic carbocycles. The molecule has 0 saturated heterocycles. The van der Waals surface area contributed by atoms with E-state index >= 15 is 0 Å². The fourth-order valence-electron chi connectivity index (χ4n) is 4.65. The quantitative estimate of drug-likeness (QED) is 0.242. The number of benzene rings is 3. The van der Waals surface area contributed by atoms with Gasteiger partial charge in [-0.2, -0.15) is 0 Å². The normalized spacial score (nSPS) is 13.5. The van der Waals surface area contributed by atoms with Crippen molar-refractivity contribution in [1.82, 2.24) is 10.3 Å². The lowest BCUT2D eigenvalue weighted by Gasteiger charge is -2.21. The van der Waals surface area contributed by atoms with Crippen molar-refractivity contribution in [2.24, 2.45) is 0 Å². The Kier molecular flexibility index (Phi) is 8.18. The van der Waals surface area contributed by atoms with Gasteiger partial charge in [0, 0.05) is 5.92 Å². The van der Waals surface area contributed by atoms with E-state index in [1.54, 1.807) is 6.92 Å². The molecular weight excluding hydrogens is 530 g/mol. The van der Waals surface area contributed by atoms with Crippen LogP contribution in [0.15, 0.2) is 85.1 Å². The lowest BCUT2D eigenvalue weighted by Crippen LogP contribution is -2.48. The fraction of sp³-hybridized carbons (Fsp3) is 0.200. The molecule has 9 nitrogen and oxygen atoms in total. The molecule has 3 aromatic carbocycles. The highest BCUT2D eigenvalue weighted by Crippen LogP contribution is 2.44. The van der Waals surface area contributed by atoms with Crippen LogP contribution in [0.2, 0.25) is 0 Å². The average molecular weight is 558 g/mol. The highest BCUT2D eigenvalue weighted by molar-refractivity contribution is 7.17. The summed E-state index contributed by atoms with van der Waals surface area (Å²) in [6, 6.07) is 24.1. The highest BCUT2D eigenvalue weighted by atomic mass is 32.1. The van der Waals surface area contributed by atoms with E-state index in [9.17, 15) is 19.5 Å². The van der Waals surface area contributed by atoms with Crippen molar-refractivity contribution in [1.29, 1.82) is 0 Å². The molecule has 4 aromatic rings. The molecule has 204 valence electrons. The van der Waals surface area contributed by atoms with Gasteiger partial charge in [0.05, 0.1) is 18.9 Å². The Morgan fingerprint density at radius 2 is 1.57 bits per heavy atom. The number of amides is 2. The fourth-order valence-corrected chi connectivity index (χ4v) is 5.35. The summed E-state index contributed by atoms with van der Waals surface area (Å²) in [5.41, 5.74) is 5.33. The van der Waals surface area contributed by atoms with Crippen LogP contribution in [0.25, 0.3) is 11.1 Å². The lowest BCUT2D eigenvalue weighted by molar-refractivity contribution is -0.143. The summed E-state index contributed by atoms with van der Waals surface area (Å²) >= 11 is 0.911. The Labute approximate surface area is 234 Å². The van der Waals surface area contributed by atoms with Crippen LogP contribution in [-0.4, -0.2) is 46.8 Å². The van der Waals surface area contributed by atoms with Crippen LogP contribution in [0.3, 0.4) is 0 Å². The van der Waals surface area contributed by atoms with Gasteiger partial charge in [-0.05, 0) is 34.7 Å². The number of hydrogen-bond donors (Lipinski definition) is 3. The van der Waals surface area contributed by atoms with Gasteiger partial charge in [0.25, 0.3) is 5.91 Å². The minimum absolute atomic E-state index is 0.0881. The topological polar surface area (TPSA) is 127 Å². The van der Waals surface area contributed by atoms with Crippen molar-refractivity contribution in [3.63, 3.8) is 0 Å². The van der Waals surface area contributed by atoms with E-state index in [4.69, 9.17) is 9.47 Å².